The molecular weight excluding hydrogens is 322 g/mol. The molecule has 0 bridgehead atoms. The van der Waals surface area contributed by atoms with Gasteiger partial charge in [-0.3, -0.25) is 4.79 Å². The maximum absolute atomic E-state index is 12.5. The Morgan fingerprint density at radius 2 is 1.83 bits per heavy atom. The predicted molar refractivity (Wildman–Crippen MR) is 98.7 cm³/mol. The van der Waals surface area contributed by atoms with Gasteiger partial charge in [-0.1, -0.05) is 0 Å². The van der Waals surface area contributed by atoms with Crippen LogP contribution in [0.4, 0.5) is 0 Å². The molecule has 6 heteroatoms. The largest absolute Gasteiger partial charge is 0.497 e. The first kappa shape index (κ1) is 18.4. The van der Waals surface area contributed by atoms with Crippen molar-refractivity contribution in [3.05, 3.63) is 34.2 Å². The van der Waals surface area contributed by atoms with Gasteiger partial charge in [0.1, 0.15) is 5.75 Å². The molecule has 1 aromatic heterocycles. The van der Waals surface area contributed by atoms with Crippen LogP contribution >= 0.6 is 11.3 Å². The molecule has 0 saturated carbocycles. The second-order valence-corrected chi connectivity index (χ2v) is 7.32. The first-order valence-corrected chi connectivity index (χ1v) is 8.71. The zero-order valence-corrected chi connectivity index (χ0v) is 15.8. The van der Waals surface area contributed by atoms with Gasteiger partial charge in [-0.25, -0.2) is 4.98 Å². The molecule has 0 unspecified atom stereocenters. The van der Waals surface area contributed by atoms with Crippen LogP contribution in [0.5, 0.6) is 5.75 Å². The van der Waals surface area contributed by atoms with Gasteiger partial charge in [0.15, 0.2) is 0 Å². The monoisotopic (exact) mass is 347 g/mol. The smallest absolute Gasteiger partial charge is 0.227 e. The molecule has 0 saturated heterocycles. The number of amides is 1. The highest BCUT2D eigenvalue weighted by Gasteiger charge is 2.17. The average Bonchev–Trinajstić information content (AvgIpc) is 2.92. The van der Waals surface area contributed by atoms with Crippen molar-refractivity contribution in [2.75, 3.05) is 41.3 Å². The van der Waals surface area contributed by atoms with E-state index in [4.69, 9.17) is 4.74 Å². The minimum Gasteiger partial charge on any atom is -0.497 e. The van der Waals surface area contributed by atoms with E-state index in [2.05, 4.69) is 9.88 Å². The van der Waals surface area contributed by atoms with Crippen molar-refractivity contribution in [1.29, 1.82) is 0 Å². The number of hydrogen-bond acceptors (Lipinski definition) is 5. The number of aromatic nitrogens is 1. The Bertz CT molecular complexity index is 680. The Labute approximate surface area is 147 Å². The summed E-state index contributed by atoms with van der Waals surface area (Å²) in [5.41, 5.74) is 1.91. The number of ether oxygens (including phenoxy) is 1. The molecule has 0 radical (unpaired) electrons. The molecule has 2 rings (SSSR count). The van der Waals surface area contributed by atoms with Crippen LogP contribution in [0.3, 0.4) is 0 Å². The van der Waals surface area contributed by atoms with Crippen LogP contribution in [-0.2, 0) is 11.2 Å². The molecule has 0 aliphatic carbocycles. The fourth-order valence-electron chi connectivity index (χ4n) is 2.31. The lowest BCUT2D eigenvalue weighted by Crippen LogP contribution is -2.34. The number of nitrogens with zero attached hydrogens (tertiary/aromatic N) is 3. The molecule has 1 aromatic carbocycles. The molecule has 0 spiro atoms. The summed E-state index contributed by atoms with van der Waals surface area (Å²) in [4.78, 5) is 22.0. The zero-order chi connectivity index (χ0) is 17.7. The van der Waals surface area contributed by atoms with Crippen LogP contribution in [0.1, 0.15) is 9.88 Å². The molecule has 1 heterocycles. The Balaban J connectivity index is 2.14. The van der Waals surface area contributed by atoms with E-state index in [1.165, 1.54) is 0 Å². The molecule has 5 nitrogen and oxygen atoms in total. The minimum absolute atomic E-state index is 0.121. The number of benzene rings is 1. The summed E-state index contributed by atoms with van der Waals surface area (Å²) >= 11 is 1.59. The van der Waals surface area contributed by atoms with Crippen LogP contribution in [-0.4, -0.2) is 62.0 Å². The van der Waals surface area contributed by atoms with Crippen LogP contribution in [0, 0.1) is 6.92 Å². The van der Waals surface area contributed by atoms with E-state index < -0.39 is 0 Å². The topological polar surface area (TPSA) is 45.7 Å². The molecule has 0 fully saturated rings. The maximum atomic E-state index is 12.5. The first-order valence-electron chi connectivity index (χ1n) is 7.90. The number of carbonyl (C=O) groups excluding carboxylic acids is 1. The van der Waals surface area contributed by atoms with Gasteiger partial charge in [-0.05, 0) is 45.3 Å². The Morgan fingerprint density at radius 1 is 1.17 bits per heavy atom. The fourth-order valence-corrected chi connectivity index (χ4v) is 3.26. The number of aryl methyl sites for hydroxylation is 1. The fraction of sp³-hybridized carbons (Fsp3) is 0.444. The van der Waals surface area contributed by atoms with E-state index in [9.17, 15) is 4.79 Å². The van der Waals surface area contributed by atoms with E-state index >= 15 is 0 Å². The standard InChI is InChI=1S/C18H25N3O2S/c1-13-19-18(14-6-8-15(23-5)9-7-14)16(24-13)12-17(22)21(4)11-10-20(2)3/h6-9H,10-12H2,1-5H3. The van der Waals surface area contributed by atoms with E-state index in [0.717, 1.165) is 40.0 Å². The summed E-state index contributed by atoms with van der Waals surface area (Å²) in [6, 6.07) is 7.80. The van der Waals surface area contributed by atoms with Crippen LogP contribution < -0.4 is 4.74 Å². The van der Waals surface area contributed by atoms with Gasteiger partial charge in [0.05, 0.1) is 24.2 Å². The average molecular weight is 347 g/mol. The lowest BCUT2D eigenvalue weighted by molar-refractivity contribution is -0.129. The quantitative estimate of drug-likeness (QED) is 0.772. The third-order valence-electron chi connectivity index (χ3n) is 3.79. The van der Waals surface area contributed by atoms with Gasteiger partial charge in [-0.2, -0.15) is 0 Å². The Hall–Kier alpha value is -1.92. The molecule has 0 aliphatic rings. The second-order valence-electron chi connectivity index (χ2n) is 6.03. The van der Waals surface area contributed by atoms with E-state index in [-0.39, 0.29) is 5.91 Å². The molecule has 2 aromatic rings. The van der Waals surface area contributed by atoms with E-state index in [1.807, 2.05) is 52.3 Å². The normalized spacial score (nSPS) is 10.9. The lowest BCUT2D eigenvalue weighted by atomic mass is 10.1. The summed E-state index contributed by atoms with van der Waals surface area (Å²) in [5, 5.41) is 0.972. The van der Waals surface area contributed by atoms with Crippen molar-refractivity contribution >= 4 is 17.2 Å². The number of likely N-dealkylation sites (N-methyl/N-ethyl adjacent to an activating group) is 2. The van der Waals surface area contributed by atoms with Gasteiger partial charge in [0.2, 0.25) is 5.91 Å². The van der Waals surface area contributed by atoms with Crippen molar-refractivity contribution in [2.45, 2.75) is 13.3 Å². The summed E-state index contributed by atoms with van der Waals surface area (Å²) in [6.07, 6.45) is 0.386. The molecule has 24 heavy (non-hydrogen) atoms. The summed E-state index contributed by atoms with van der Waals surface area (Å²) in [5.74, 6) is 0.932. The minimum atomic E-state index is 0.121. The second kappa shape index (κ2) is 8.26. The summed E-state index contributed by atoms with van der Waals surface area (Å²) in [6.45, 7) is 3.55. The van der Waals surface area contributed by atoms with Gasteiger partial charge in [0, 0.05) is 30.6 Å². The van der Waals surface area contributed by atoms with Crippen LogP contribution in [0.25, 0.3) is 11.3 Å². The Morgan fingerprint density at radius 3 is 2.42 bits per heavy atom. The Kier molecular flexibility index (Phi) is 6.34. The molecule has 130 valence electrons. The van der Waals surface area contributed by atoms with Crippen molar-refractivity contribution in [3.63, 3.8) is 0 Å². The van der Waals surface area contributed by atoms with Crippen molar-refractivity contribution < 1.29 is 9.53 Å². The molecular formula is C18H25N3O2S. The van der Waals surface area contributed by atoms with Crippen LogP contribution in [0.2, 0.25) is 0 Å². The number of rotatable bonds is 7. The van der Waals surface area contributed by atoms with E-state index in [0.29, 0.717) is 6.42 Å². The van der Waals surface area contributed by atoms with Crippen molar-refractivity contribution in [2.24, 2.45) is 0 Å². The maximum Gasteiger partial charge on any atom is 0.227 e. The number of methoxy groups -OCH3 is 1. The highest BCUT2D eigenvalue weighted by Crippen LogP contribution is 2.30. The number of thiazole rings is 1. The highest BCUT2D eigenvalue weighted by molar-refractivity contribution is 7.12. The van der Waals surface area contributed by atoms with E-state index in [1.54, 1.807) is 23.3 Å². The first-order chi connectivity index (χ1) is 11.4. The predicted octanol–water partition coefficient (Wildman–Crippen LogP) is 2.69. The third-order valence-corrected chi connectivity index (χ3v) is 4.76. The van der Waals surface area contributed by atoms with Gasteiger partial charge in [-0.15, -0.1) is 11.3 Å². The zero-order valence-electron chi connectivity index (χ0n) is 15.0. The van der Waals surface area contributed by atoms with Crippen molar-refractivity contribution in [3.8, 4) is 17.0 Å². The SMILES string of the molecule is COc1ccc(-c2nc(C)sc2CC(=O)N(C)CCN(C)C)cc1. The molecule has 1 amide bonds. The molecule has 0 atom stereocenters. The summed E-state index contributed by atoms with van der Waals surface area (Å²) in [7, 11) is 7.52. The molecule has 0 aliphatic heterocycles. The van der Waals surface area contributed by atoms with Gasteiger partial charge in [0.25, 0.3) is 0 Å². The third kappa shape index (κ3) is 4.79. The van der Waals surface area contributed by atoms with Gasteiger partial charge >= 0.3 is 0 Å². The van der Waals surface area contributed by atoms with Gasteiger partial charge < -0.3 is 14.5 Å². The number of hydrogen-bond donors (Lipinski definition) is 0. The van der Waals surface area contributed by atoms with Crippen LogP contribution in [0.15, 0.2) is 24.3 Å². The van der Waals surface area contributed by atoms with Crippen molar-refractivity contribution in [1.82, 2.24) is 14.8 Å². The number of carbonyl (C=O) groups is 1. The lowest BCUT2D eigenvalue weighted by Gasteiger charge is -2.19. The summed E-state index contributed by atoms with van der Waals surface area (Å²) < 4.78 is 5.20. The highest BCUT2D eigenvalue weighted by atomic mass is 32.1. The molecule has 0 N–H and O–H groups in total.